The van der Waals surface area contributed by atoms with E-state index in [1.165, 1.54) is 14.0 Å². The molecule has 3 rings (SSSR count). The second-order valence-electron chi connectivity index (χ2n) is 10.1. The van der Waals surface area contributed by atoms with Gasteiger partial charge < -0.3 is 87.6 Å². The van der Waals surface area contributed by atoms with Gasteiger partial charge in [0.25, 0.3) is 0 Å². The Morgan fingerprint density at radius 3 is 2.08 bits per heavy atom. The van der Waals surface area contributed by atoms with Crippen LogP contribution in [-0.4, -0.2) is 164 Å². The molecule has 40 heavy (non-hydrogen) atoms. The zero-order valence-corrected chi connectivity index (χ0v) is 21.9. The molecular weight excluding hydrogens is 542 g/mol. The molecule has 0 radical (unpaired) electrons. The van der Waals surface area contributed by atoms with Crippen LogP contribution in [0.1, 0.15) is 6.92 Å². The minimum atomic E-state index is -2.15. The van der Waals surface area contributed by atoms with Gasteiger partial charge in [-0.15, -0.1) is 0 Å². The number of guanidine groups is 2. The number of nitrogens with two attached hydrogens (primary N) is 3. The first kappa shape index (κ1) is 32.5. The Labute approximate surface area is 229 Å². The SMILES string of the molecule is CN[C@@H]1[C@H](O[C@H]2[C@@H](O[C@@H]3[C@@H](O)[C@H](O)[C@@H](NC(=N)N)[C@H](O)[C@H]3N=C(N)N)O[C@@H](C)[C@]2(O)CO)O[C@@H](CO)[C@H](O)[C@H]1O. The largest absolute Gasteiger partial charge is 0.394 e. The summed E-state index contributed by atoms with van der Waals surface area (Å²) < 4.78 is 23.2. The number of likely N-dealkylation sites (N-methyl/N-ethyl adjacent to an activating group) is 1. The highest BCUT2D eigenvalue weighted by molar-refractivity contribution is 5.76. The van der Waals surface area contributed by atoms with Crippen LogP contribution in [0.4, 0.5) is 0 Å². The fourth-order valence-electron chi connectivity index (χ4n) is 5.22. The zero-order valence-electron chi connectivity index (χ0n) is 21.9. The van der Waals surface area contributed by atoms with Crippen LogP contribution >= 0.6 is 0 Å². The number of nitrogens with one attached hydrogen (secondary N) is 3. The first-order valence-corrected chi connectivity index (χ1v) is 12.5. The Bertz CT molecular complexity index is 902. The molecule has 0 aromatic rings. The van der Waals surface area contributed by atoms with Crippen LogP contribution in [-0.2, 0) is 18.9 Å². The molecule has 19 nitrogen and oxygen atoms in total. The van der Waals surface area contributed by atoms with Crippen molar-refractivity contribution in [3.05, 3.63) is 0 Å². The van der Waals surface area contributed by atoms with E-state index in [4.69, 9.17) is 41.6 Å². The fraction of sp³-hybridized carbons (Fsp3) is 0.905. The summed E-state index contributed by atoms with van der Waals surface area (Å²) in [5.41, 5.74) is 14.2. The van der Waals surface area contributed by atoms with Gasteiger partial charge >= 0.3 is 0 Å². The van der Waals surface area contributed by atoms with Crippen LogP contribution in [0.15, 0.2) is 4.99 Å². The van der Waals surface area contributed by atoms with Crippen molar-refractivity contribution < 1.29 is 59.8 Å². The molecule has 1 aliphatic carbocycles. The molecule has 2 saturated heterocycles. The van der Waals surface area contributed by atoms with Crippen molar-refractivity contribution in [1.29, 1.82) is 5.41 Å². The number of hydrogen-bond donors (Lipinski definition) is 14. The van der Waals surface area contributed by atoms with Crippen LogP contribution < -0.4 is 27.8 Å². The molecular formula is C21H41N7O12. The van der Waals surface area contributed by atoms with Gasteiger partial charge in [-0.05, 0) is 14.0 Å². The Hall–Kier alpha value is -1.98. The van der Waals surface area contributed by atoms with E-state index in [1.807, 2.05) is 0 Å². The van der Waals surface area contributed by atoms with Crippen molar-refractivity contribution in [1.82, 2.24) is 10.6 Å². The molecule has 19 heteroatoms. The summed E-state index contributed by atoms with van der Waals surface area (Å²) in [5, 5.41) is 96.7. The van der Waals surface area contributed by atoms with E-state index < -0.39 is 116 Å². The average molecular weight is 584 g/mol. The maximum atomic E-state index is 11.3. The van der Waals surface area contributed by atoms with E-state index in [2.05, 4.69) is 15.6 Å². The quantitative estimate of drug-likeness (QED) is 0.0884. The van der Waals surface area contributed by atoms with Crippen LogP contribution in [0.25, 0.3) is 0 Å². The van der Waals surface area contributed by atoms with Crippen molar-refractivity contribution in [2.75, 3.05) is 20.3 Å². The number of hydrogen-bond acceptors (Lipinski definition) is 15. The fourth-order valence-corrected chi connectivity index (χ4v) is 5.22. The second kappa shape index (κ2) is 12.9. The highest BCUT2D eigenvalue weighted by Crippen LogP contribution is 2.39. The molecule has 1 saturated carbocycles. The lowest BCUT2D eigenvalue weighted by Gasteiger charge is -2.46. The second-order valence-corrected chi connectivity index (χ2v) is 10.1. The van der Waals surface area contributed by atoms with Crippen molar-refractivity contribution in [3.63, 3.8) is 0 Å². The lowest BCUT2D eigenvalue weighted by Crippen LogP contribution is -2.70. The maximum absolute atomic E-state index is 11.3. The molecule has 15 atom stereocenters. The molecule has 232 valence electrons. The number of aliphatic imine (C=N–C) groups is 1. The zero-order chi connectivity index (χ0) is 30.1. The topological polar surface area (TPSA) is 337 Å². The molecule has 0 aromatic carbocycles. The van der Waals surface area contributed by atoms with Gasteiger partial charge in [0.15, 0.2) is 24.5 Å². The Balaban J connectivity index is 1.95. The van der Waals surface area contributed by atoms with Gasteiger partial charge in [0.2, 0.25) is 0 Å². The van der Waals surface area contributed by atoms with Crippen LogP contribution in [0.5, 0.6) is 0 Å². The lowest BCUT2D eigenvalue weighted by atomic mass is 9.81. The molecule has 3 fully saturated rings. The van der Waals surface area contributed by atoms with E-state index in [0.717, 1.165) is 0 Å². The summed E-state index contributed by atoms with van der Waals surface area (Å²) in [5.74, 6) is -1.13. The van der Waals surface area contributed by atoms with Gasteiger partial charge in [-0.25, -0.2) is 4.99 Å². The first-order valence-electron chi connectivity index (χ1n) is 12.5. The third-order valence-electron chi connectivity index (χ3n) is 7.55. The van der Waals surface area contributed by atoms with E-state index in [-0.39, 0.29) is 0 Å². The summed E-state index contributed by atoms with van der Waals surface area (Å²) >= 11 is 0. The molecule has 2 aliphatic heterocycles. The van der Waals surface area contributed by atoms with E-state index in [9.17, 15) is 40.9 Å². The Kier molecular flexibility index (Phi) is 10.5. The van der Waals surface area contributed by atoms with E-state index >= 15 is 0 Å². The number of aliphatic hydroxyl groups excluding tert-OH is 7. The molecule has 0 bridgehead atoms. The number of ether oxygens (including phenoxy) is 4. The lowest BCUT2D eigenvalue weighted by molar-refractivity contribution is -0.317. The number of rotatable bonds is 9. The van der Waals surface area contributed by atoms with E-state index in [0.29, 0.717) is 0 Å². The summed E-state index contributed by atoms with van der Waals surface area (Å²) in [6.45, 7) is -0.204. The summed E-state index contributed by atoms with van der Waals surface area (Å²) in [4.78, 5) is 3.91. The normalized spacial score (nSPS) is 47.5. The highest BCUT2D eigenvalue weighted by Gasteiger charge is 2.60. The molecule has 17 N–H and O–H groups in total. The van der Waals surface area contributed by atoms with Crippen LogP contribution in [0.2, 0.25) is 0 Å². The van der Waals surface area contributed by atoms with Crippen LogP contribution in [0.3, 0.4) is 0 Å². The molecule has 2 heterocycles. The van der Waals surface area contributed by atoms with Gasteiger partial charge in [-0.2, -0.15) is 0 Å². The maximum Gasteiger partial charge on any atom is 0.187 e. The average Bonchev–Trinajstić information content (AvgIpc) is 3.13. The third kappa shape index (κ3) is 6.11. The molecule has 0 spiro atoms. The van der Waals surface area contributed by atoms with Gasteiger partial charge in [0.05, 0.1) is 31.4 Å². The predicted octanol–water partition coefficient (Wildman–Crippen LogP) is -8.16. The van der Waals surface area contributed by atoms with Crippen molar-refractivity contribution in [2.24, 2.45) is 22.2 Å². The molecule has 0 aromatic heterocycles. The predicted molar refractivity (Wildman–Crippen MR) is 133 cm³/mol. The molecule has 0 unspecified atom stereocenters. The van der Waals surface area contributed by atoms with Crippen molar-refractivity contribution >= 4 is 11.9 Å². The van der Waals surface area contributed by atoms with Gasteiger partial charge in [0, 0.05) is 0 Å². The monoisotopic (exact) mass is 583 g/mol. The smallest absolute Gasteiger partial charge is 0.187 e. The first-order chi connectivity index (χ1) is 18.7. The summed E-state index contributed by atoms with van der Waals surface area (Å²) in [7, 11) is 1.44. The third-order valence-corrected chi connectivity index (χ3v) is 7.55. The Morgan fingerprint density at radius 2 is 1.55 bits per heavy atom. The van der Waals surface area contributed by atoms with Crippen LogP contribution in [0, 0.1) is 5.41 Å². The Morgan fingerprint density at radius 1 is 0.925 bits per heavy atom. The molecule has 0 amide bonds. The van der Waals surface area contributed by atoms with Crippen molar-refractivity contribution in [2.45, 2.75) is 98.2 Å². The minimum absolute atomic E-state index is 0.516. The summed E-state index contributed by atoms with van der Waals surface area (Å²) in [6, 6.07) is -3.94. The summed E-state index contributed by atoms with van der Waals surface area (Å²) in [6.07, 6.45) is -16.9. The van der Waals surface area contributed by atoms with Gasteiger partial charge in [-0.1, -0.05) is 0 Å². The standard InChI is InChI=1S/C21H41N7O12/c1-5-21(36,4-30)16(40-17-9(26-2)13(34)10(31)6(3-29)38-17)18(37-5)39-15-8(28-20(24)25)11(32)7(27-19(22)23)12(33)14(15)35/h5-18,26,29-36H,3-4H2,1-2H3,(H4,22,23,27)(H4,24,25,28)/t5-,6-,7-,8+,9-,10-,11-,12+,13-,14-,15-,16-,17-,18+,21+/m0/s1. The van der Waals surface area contributed by atoms with E-state index in [1.54, 1.807) is 0 Å². The highest BCUT2D eigenvalue weighted by atomic mass is 16.8. The van der Waals surface area contributed by atoms with Crippen molar-refractivity contribution in [3.8, 4) is 0 Å². The minimum Gasteiger partial charge on any atom is -0.394 e. The number of aliphatic hydroxyl groups is 8. The van der Waals surface area contributed by atoms with Gasteiger partial charge in [-0.3, -0.25) is 5.41 Å². The van der Waals surface area contributed by atoms with Gasteiger partial charge in [0.1, 0.15) is 60.5 Å². The number of nitrogens with zero attached hydrogens (tertiary/aromatic N) is 1. The molecule has 3 aliphatic rings.